The predicted molar refractivity (Wildman–Crippen MR) is 69.8 cm³/mol. The van der Waals surface area contributed by atoms with E-state index in [1.807, 2.05) is 0 Å². The molecule has 3 atom stereocenters. The Bertz CT molecular complexity index is 233. The van der Waals surface area contributed by atoms with Crippen LogP contribution in [0.3, 0.4) is 0 Å². The van der Waals surface area contributed by atoms with Gasteiger partial charge in [0.25, 0.3) is 0 Å². The summed E-state index contributed by atoms with van der Waals surface area (Å²) in [6.45, 7) is 9.45. The standard InChI is InChI=1S/C13H28N2O2/c1-10-6-7-15(8-11(10)2)13(3,9-14)12(16-4)17-5/h10-12H,6-9,14H2,1-5H3. The highest BCUT2D eigenvalue weighted by molar-refractivity contribution is 4.94. The fraction of sp³-hybridized carbons (Fsp3) is 1.00. The third-order valence-corrected chi connectivity index (χ3v) is 4.41. The van der Waals surface area contributed by atoms with E-state index in [0.29, 0.717) is 12.5 Å². The summed E-state index contributed by atoms with van der Waals surface area (Å²) in [5.74, 6) is 1.49. The number of likely N-dealkylation sites (tertiary alicyclic amines) is 1. The molecule has 0 amide bonds. The van der Waals surface area contributed by atoms with Crippen LogP contribution < -0.4 is 5.73 Å². The van der Waals surface area contributed by atoms with Gasteiger partial charge in [0, 0.05) is 27.3 Å². The molecule has 1 rings (SSSR count). The number of nitrogens with zero attached hydrogens (tertiary/aromatic N) is 1. The first-order valence-electron chi connectivity index (χ1n) is 6.50. The Morgan fingerprint density at radius 3 is 2.29 bits per heavy atom. The normalized spacial score (nSPS) is 30.5. The van der Waals surface area contributed by atoms with Crippen molar-refractivity contribution in [3.8, 4) is 0 Å². The largest absolute Gasteiger partial charge is 0.354 e. The van der Waals surface area contributed by atoms with E-state index in [0.717, 1.165) is 19.0 Å². The van der Waals surface area contributed by atoms with Gasteiger partial charge in [-0.1, -0.05) is 13.8 Å². The third kappa shape index (κ3) is 2.99. The van der Waals surface area contributed by atoms with Gasteiger partial charge in [-0.3, -0.25) is 4.90 Å². The number of rotatable bonds is 5. The molecule has 1 aliphatic rings. The van der Waals surface area contributed by atoms with Crippen LogP contribution in [-0.2, 0) is 9.47 Å². The molecule has 1 fully saturated rings. The molecule has 0 radical (unpaired) electrons. The van der Waals surface area contributed by atoms with Gasteiger partial charge < -0.3 is 15.2 Å². The zero-order chi connectivity index (χ0) is 13.1. The number of methoxy groups -OCH3 is 2. The SMILES string of the molecule is COC(OC)C(C)(CN)N1CCC(C)C(C)C1. The van der Waals surface area contributed by atoms with Gasteiger partial charge in [0.1, 0.15) is 0 Å². The fourth-order valence-electron chi connectivity index (χ4n) is 2.71. The van der Waals surface area contributed by atoms with Gasteiger partial charge in [-0.25, -0.2) is 0 Å². The monoisotopic (exact) mass is 244 g/mol. The highest BCUT2D eigenvalue weighted by atomic mass is 16.7. The lowest BCUT2D eigenvalue weighted by molar-refractivity contribution is -0.187. The molecule has 0 aliphatic carbocycles. The van der Waals surface area contributed by atoms with Crippen molar-refractivity contribution < 1.29 is 9.47 Å². The highest BCUT2D eigenvalue weighted by Gasteiger charge is 2.41. The first kappa shape index (κ1) is 14.9. The molecule has 1 aliphatic heterocycles. The van der Waals surface area contributed by atoms with Crippen LogP contribution in [0.4, 0.5) is 0 Å². The lowest BCUT2D eigenvalue weighted by atomic mass is 9.85. The molecule has 4 heteroatoms. The van der Waals surface area contributed by atoms with Gasteiger partial charge >= 0.3 is 0 Å². The second kappa shape index (κ2) is 6.14. The van der Waals surface area contributed by atoms with Crippen LogP contribution in [0.15, 0.2) is 0 Å². The van der Waals surface area contributed by atoms with Crippen molar-refractivity contribution in [1.82, 2.24) is 4.90 Å². The maximum Gasteiger partial charge on any atom is 0.176 e. The van der Waals surface area contributed by atoms with Gasteiger partial charge in [0.05, 0.1) is 5.54 Å². The summed E-state index contributed by atoms with van der Waals surface area (Å²) in [4.78, 5) is 2.43. The molecule has 2 N–H and O–H groups in total. The molecule has 0 spiro atoms. The number of hydrogen-bond acceptors (Lipinski definition) is 4. The minimum absolute atomic E-state index is 0.238. The number of hydrogen-bond donors (Lipinski definition) is 1. The van der Waals surface area contributed by atoms with Crippen molar-refractivity contribution in [2.75, 3.05) is 33.9 Å². The van der Waals surface area contributed by atoms with Crippen LogP contribution in [0.1, 0.15) is 27.2 Å². The molecular formula is C13H28N2O2. The van der Waals surface area contributed by atoms with E-state index in [1.165, 1.54) is 6.42 Å². The Morgan fingerprint density at radius 1 is 1.29 bits per heavy atom. The maximum absolute atomic E-state index is 5.97. The summed E-state index contributed by atoms with van der Waals surface area (Å²) < 4.78 is 10.9. The van der Waals surface area contributed by atoms with E-state index in [4.69, 9.17) is 15.2 Å². The topological polar surface area (TPSA) is 47.7 Å². The lowest BCUT2D eigenvalue weighted by Crippen LogP contribution is -2.63. The second-order valence-corrected chi connectivity index (χ2v) is 5.55. The summed E-state index contributed by atoms with van der Waals surface area (Å²) in [5.41, 5.74) is 5.73. The van der Waals surface area contributed by atoms with Crippen molar-refractivity contribution in [1.29, 1.82) is 0 Å². The van der Waals surface area contributed by atoms with E-state index < -0.39 is 0 Å². The Balaban J connectivity index is 2.79. The Labute approximate surface area is 105 Å². The lowest BCUT2D eigenvalue weighted by Gasteiger charge is -2.48. The summed E-state index contributed by atoms with van der Waals surface area (Å²) in [6.07, 6.45) is 0.949. The second-order valence-electron chi connectivity index (χ2n) is 5.55. The van der Waals surface area contributed by atoms with E-state index in [2.05, 4.69) is 25.7 Å². The van der Waals surface area contributed by atoms with Gasteiger partial charge in [0.15, 0.2) is 6.29 Å². The molecule has 1 heterocycles. The first-order chi connectivity index (χ1) is 7.99. The molecule has 0 saturated carbocycles. The van der Waals surface area contributed by atoms with Gasteiger partial charge in [0.2, 0.25) is 0 Å². The Hall–Kier alpha value is -0.160. The zero-order valence-corrected chi connectivity index (χ0v) is 11.9. The zero-order valence-electron chi connectivity index (χ0n) is 11.9. The number of nitrogens with two attached hydrogens (primary N) is 1. The molecule has 4 nitrogen and oxygen atoms in total. The summed E-state index contributed by atoms with van der Waals surface area (Å²) in [7, 11) is 3.36. The van der Waals surface area contributed by atoms with Crippen molar-refractivity contribution >= 4 is 0 Å². The fourth-order valence-corrected chi connectivity index (χ4v) is 2.71. The van der Waals surface area contributed by atoms with Crippen LogP contribution in [0.25, 0.3) is 0 Å². The molecule has 0 aromatic rings. The molecule has 17 heavy (non-hydrogen) atoms. The Morgan fingerprint density at radius 2 is 1.88 bits per heavy atom. The van der Waals surface area contributed by atoms with Gasteiger partial charge in [-0.15, -0.1) is 0 Å². The van der Waals surface area contributed by atoms with Crippen LogP contribution in [0.2, 0.25) is 0 Å². The molecule has 3 unspecified atom stereocenters. The molecule has 0 bridgehead atoms. The number of piperidine rings is 1. The van der Waals surface area contributed by atoms with Crippen LogP contribution >= 0.6 is 0 Å². The van der Waals surface area contributed by atoms with Crippen molar-refractivity contribution in [3.63, 3.8) is 0 Å². The predicted octanol–water partition coefficient (Wildman–Crippen LogP) is 1.30. The van der Waals surface area contributed by atoms with Crippen LogP contribution in [-0.4, -0.2) is 50.6 Å². The summed E-state index contributed by atoms with van der Waals surface area (Å²) >= 11 is 0. The molecule has 1 saturated heterocycles. The molecular weight excluding hydrogens is 216 g/mol. The maximum atomic E-state index is 5.97. The average molecular weight is 244 g/mol. The average Bonchev–Trinajstić information content (AvgIpc) is 2.33. The molecule has 102 valence electrons. The first-order valence-corrected chi connectivity index (χ1v) is 6.50. The van der Waals surface area contributed by atoms with Crippen molar-refractivity contribution in [3.05, 3.63) is 0 Å². The van der Waals surface area contributed by atoms with E-state index in [1.54, 1.807) is 14.2 Å². The van der Waals surface area contributed by atoms with Crippen molar-refractivity contribution in [2.24, 2.45) is 17.6 Å². The van der Waals surface area contributed by atoms with Crippen LogP contribution in [0, 0.1) is 11.8 Å². The van der Waals surface area contributed by atoms with E-state index in [-0.39, 0.29) is 11.8 Å². The minimum atomic E-state index is -0.270. The van der Waals surface area contributed by atoms with Crippen molar-refractivity contribution in [2.45, 2.75) is 39.0 Å². The highest BCUT2D eigenvalue weighted by Crippen LogP contribution is 2.30. The quantitative estimate of drug-likeness (QED) is 0.741. The van der Waals surface area contributed by atoms with E-state index in [9.17, 15) is 0 Å². The third-order valence-electron chi connectivity index (χ3n) is 4.41. The number of ether oxygens (including phenoxy) is 2. The van der Waals surface area contributed by atoms with Gasteiger partial charge in [-0.05, 0) is 31.7 Å². The van der Waals surface area contributed by atoms with E-state index >= 15 is 0 Å². The summed E-state index contributed by atoms with van der Waals surface area (Å²) in [5, 5.41) is 0. The molecule has 0 aromatic heterocycles. The van der Waals surface area contributed by atoms with Gasteiger partial charge in [-0.2, -0.15) is 0 Å². The minimum Gasteiger partial charge on any atom is -0.354 e. The smallest absolute Gasteiger partial charge is 0.176 e. The van der Waals surface area contributed by atoms with Crippen LogP contribution in [0.5, 0.6) is 0 Å². The molecule has 0 aromatic carbocycles. The summed E-state index contributed by atoms with van der Waals surface area (Å²) in [6, 6.07) is 0. The Kier molecular flexibility index (Phi) is 5.38.